The number of hydrogen-bond donors (Lipinski definition) is 2. The molecule has 0 saturated heterocycles. The van der Waals surface area contributed by atoms with Gasteiger partial charge in [0.1, 0.15) is 0 Å². The number of nitrogens with one attached hydrogen (secondary N) is 1. The molecule has 1 aliphatic heterocycles. The van der Waals surface area contributed by atoms with E-state index in [-0.39, 0.29) is 16.4 Å². The summed E-state index contributed by atoms with van der Waals surface area (Å²) in [6.07, 6.45) is 3.06. The Kier molecular flexibility index (Phi) is 2.53. The van der Waals surface area contributed by atoms with Crippen molar-refractivity contribution < 1.29 is 0 Å². The van der Waals surface area contributed by atoms with Crippen molar-refractivity contribution in [1.82, 2.24) is 9.55 Å². The van der Waals surface area contributed by atoms with Gasteiger partial charge in [-0.25, -0.2) is 9.98 Å². The van der Waals surface area contributed by atoms with E-state index in [1.807, 2.05) is 24.3 Å². The molecule has 25 heavy (non-hydrogen) atoms. The molecule has 0 radical (unpaired) electrons. The van der Waals surface area contributed by atoms with Gasteiger partial charge in [-0.05, 0) is 42.7 Å². The highest BCUT2D eigenvalue weighted by atomic mass is 16.1. The second kappa shape index (κ2) is 4.23. The molecule has 0 amide bonds. The highest BCUT2D eigenvalue weighted by Crippen LogP contribution is 2.72. The lowest BCUT2D eigenvalue weighted by molar-refractivity contribution is 0.0275. The van der Waals surface area contributed by atoms with Gasteiger partial charge >= 0.3 is 0 Å². The number of nitrogens with two attached hydrogens (primary N) is 1. The van der Waals surface area contributed by atoms with E-state index < -0.39 is 5.66 Å². The van der Waals surface area contributed by atoms with Crippen LogP contribution in [-0.2, 0) is 5.66 Å². The van der Waals surface area contributed by atoms with Gasteiger partial charge in [0.05, 0.1) is 10.9 Å². The Labute approximate surface area is 146 Å². The molecule has 2 aliphatic carbocycles. The van der Waals surface area contributed by atoms with Crippen molar-refractivity contribution in [1.29, 1.82) is 0 Å². The van der Waals surface area contributed by atoms with Crippen LogP contribution in [0.15, 0.2) is 34.1 Å². The maximum atomic E-state index is 13.4. The minimum absolute atomic E-state index is 0.0334. The fourth-order valence-electron chi connectivity index (χ4n) is 5.70. The average Bonchev–Trinajstić information content (AvgIpc) is 2.87. The van der Waals surface area contributed by atoms with Crippen molar-refractivity contribution in [3.8, 4) is 0 Å². The molecule has 3 N–H and O–H groups in total. The molecular weight excluding hydrogens is 314 g/mol. The average molecular weight is 337 g/mol. The summed E-state index contributed by atoms with van der Waals surface area (Å²) in [5.74, 6) is 1.39. The van der Waals surface area contributed by atoms with Crippen LogP contribution >= 0.6 is 0 Å². The van der Waals surface area contributed by atoms with E-state index in [1.54, 1.807) is 4.57 Å². The molecule has 3 atom stereocenters. The first-order valence-corrected chi connectivity index (χ1v) is 8.95. The van der Waals surface area contributed by atoms with Crippen LogP contribution in [0.3, 0.4) is 0 Å². The topological polar surface area (TPSA) is 85.3 Å². The van der Waals surface area contributed by atoms with E-state index >= 15 is 0 Å². The summed E-state index contributed by atoms with van der Waals surface area (Å²) in [6.45, 7) is 6.90. The molecule has 1 aromatic heterocycles. The lowest BCUT2D eigenvalue weighted by Crippen LogP contribution is -2.56. The lowest BCUT2D eigenvalue weighted by Gasteiger charge is -2.48. The smallest absolute Gasteiger partial charge is 0.264 e. The first kappa shape index (κ1) is 14.9. The number of nitrogens with zero attached hydrogens (tertiary/aromatic N) is 3. The largest absolute Gasteiger partial charge is 0.370 e. The highest BCUT2D eigenvalue weighted by molar-refractivity contribution is 5.93. The first-order chi connectivity index (χ1) is 11.8. The van der Waals surface area contributed by atoms with Crippen LogP contribution in [0.2, 0.25) is 0 Å². The number of guanidine groups is 1. The molecule has 5 rings (SSSR count). The van der Waals surface area contributed by atoms with Crippen LogP contribution in [-0.4, -0.2) is 15.5 Å². The van der Waals surface area contributed by atoms with Gasteiger partial charge in [-0.2, -0.15) is 0 Å². The van der Waals surface area contributed by atoms with Gasteiger partial charge in [0.2, 0.25) is 5.95 Å². The Morgan fingerprint density at radius 3 is 2.72 bits per heavy atom. The molecular formula is C19H23N5O. The Morgan fingerprint density at radius 2 is 2.04 bits per heavy atom. The maximum absolute atomic E-state index is 13.4. The molecule has 3 aliphatic rings. The molecule has 6 heteroatoms. The quantitative estimate of drug-likeness (QED) is 0.774. The monoisotopic (exact) mass is 337 g/mol. The number of rotatable bonds is 0. The van der Waals surface area contributed by atoms with Crippen molar-refractivity contribution in [2.75, 3.05) is 5.32 Å². The Morgan fingerprint density at radius 1 is 1.28 bits per heavy atom. The van der Waals surface area contributed by atoms with Gasteiger partial charge in [0.15, 0.2) is 11.6 Å². The van der Waals surface area contributed by atoms with Gasteiger partial charge in [-0.1, -0.05) is 32.9 Å². The summed E-state index contributed by atoms with van der Waals surface area (Å²) >= 11 is 0. The van der Waals surface area contributed by atoms with Crippen LogP contribution in [0.5, 0.6) is 0 Å². The fourth-order valence-corrected chi connectivity index (χ4v) is 5.70. The number of fused-ring (bicyclic) bond motifs is 6. The number of benzene rings is 1. The molecule has 2 heterocycles. The fraction of sp³-hybridized carbons (Fsp3) is 0.526. The Balaban J connectivity index is 1.89. The van der Waals surface area contributed by atoms with Crippen LogP contribution in [0.4, 0.5) is 5.95 Å². The van der Waals surface area contributed by atoms with Crippen LogP contribution in [0, 0.1) is 16.7 Å². The Hall–Kier alpha value is -2.37. The minimum Gasteiger partial charge on any atom is -0.370 e. The Bertz CT molecular complexity index is 1010. The summed E-state index contributed by atoms with van der Waals surface area (Å²) in [6, 6.07) is 7.48. The molecule has 1 aromatic carbocycles. The molecule has 2 saturated carbocycles. The molecule has 2 bridgehead atoms. The molecule has 1 spiro atoms. The standard InChI is InChI=1S/C19H23N5O/c1-17(2)11-8-9-18(17,3)19(10-11)23-15(20)22-16-21-13-7-5-4-6-12(13)14(25)24(16)19/h4-7,11H,8-10H2,1-3H3,(H3,20,21,22,23). The third-order valence-electron chi connectivity index (χ3n) is 7.54. The molecule has 6 nitrogen and oxygen atoms in total. The van der Waals surface area contributed by atoms with Gasteiger partial charge in [0, 0.05) is 5.41 Å². The second-order valence-corrected chi connectivity index (χ2v) is 8.53. The molecule has 2 fully saturated rings. The highest BCUT2D eigenvalue weighted by Gasteiger charge is 2.71. The zero-order chi connectivity index (χ0) is 17.6. The van der Waals surface area contributed by atoms with E-state index in [2.05, 4.69) is 26.1 Å². The van der Waals surface area contributed by atoms with Crippen molar-refractivity contribution >= 4 is 22.8 Å². The zero-order valence-electron chi connectivity index (χ0n) is 14.8. The summed E-state index contributed by atoms with van der Waals surface area (Å²) in [7, 11) is 0. The van der Waals surface area contributed by atoms with E-state index in [9.17, 15) is 4.79 Å². The van der Waals surface area contributed by atoms with E-state index in [0.29, 0.717) is 28.7 Å². The minimum atomic E-state index is -0.655. The third kappa shape index (κ3) is 1.50. The van der Waals surface area contributed by atoms with Crippen molar-refractivity contribution in [3.63, 3.8) is 0 Å². The summed E-state index contributed by atoms with van der Waals surface area (Å²) in [4.78, 5) is 23.0. The second-order valence-electron chi connectivity index (χ2n) is 8.53. The van der Waals surface area contributed by atoms with Gasteiger partial charge in [0.25, 0.3) is 5.56 Å². The van der Waals surface area contributed by atoms with E-state index in [1.165, 1.54) is 6.42 Å². The SMILES string of the molecule is CC1(C)C2CCC1(C)C1(C2)N=C(N)Nc2nc3ccccc3c(=O)n21. The van der Waals surface area contributed by atoms with Crippen molar-refractivity contribution in [2.24, 2.45) is 27.5 Å². The number of aromatic nitrogens is 2. The van der Waals surface area contributed by atoms with Crippen LogP contribution in [0.1, 0.15) is 40.0 Å². The molecule has 3 unspecified atom stereocenters. The van der Waals surface area contributed by atoms with Gasteiger partial charge < -0.3 is 5.73 Å². The summed E-state index contributed by atoms with van der Waals surface area (Å²) in [5.41, 5.74) is 6.11. The third-order valence-corrected chi connectivity index (χ3v) is 7.54. The van der Waals surface area contributed by atoms with Crippen molar-refractivity contribution in [3.05, 3.63) is 34.6 Å². The number of para-hydroxylation sites is 1. The van der Waals surface area contributed by atoms with Crippen LogP contribution < -0.4 is 16.6 Å². The van der Waals surface area contributed by atoms with E-state index in [4.69, 9.17) is 15.7 Å². The maximum Gasteiger partial charge on any atom is 0.264 e. The van der Waals surface area contributed by atoms with Crippen molar-refractivity contribution in [2.45, 2.75) is 45.7 Å². The molecule has 2 aromatic rings. The number of hydrogen-bond acceptors (Lipinski definition) is 5. The normalized spacial score (nSPS) is 34.8. The predicted molar refractivity (Wildman–Crippen MR) is 98.5 cm³/mol. The number of anilines is 1. The van der Waals surface area contributed by atoms with Gasteiger partial charge in [-0.3, -0.25) is 14.7 Å². The predicted octanol–water partition coefficient (Wildman–Crippen LogP) is 2.64. The molecule has 130 valence electrons. The van der Waals surface area contributed by atoms with E-state index in [0.717, 1.165) is 12.8 Å². The lowest BCUT2D eigenvalue weighted by atomic mass is 9.66. The zero-order valence-corrected chi connectivity index (χ0v) is 14.8. The number of aliphatic imine (C=N–C) groups is 1. The summed E-state index contributed by atoms with van der Waals surface area (Å²) < 4.78 is 1.80. The van der Waals surface area contributed by atoms with Crippen LogP contribution in [0.25, 0.3) is 10.9 Å². The first-order valence-electron chi connectivity index (χ1n) is 8.95. The van der Waals surface area contributed by atoms with Gasteiger partial charge in [-0.15, -0.1) is 0 Å². The summed E-state index contributed by atoms with van der Waals surface area (Å²) in [5, 5.41) is 3.66.